The summed E-state index contributed by atoms with van der Waals surface area (Å²) in [4.78, 5) is 2.05. The first-order valence-corrected chi connectivity index (χ1v) is 8.87. The van der Waals surface area contributed by atoms with E-state index in [1.54, 1.807) is 23.1 Å². The molecule has 134 valence electrons. The molecule has 1 aromatic heterocycles. The Bertz CT molecular complexity index is 818. The number of halogens is 3. The zero-order valence-electron chi connectivity index (χ0n) is 13.6. The van der Waals surface area contributed by atoms with E-state index in [4.69, 9.17) is 12.2 Å². The summed E-state index contributed by atoms with van der Waals surface area (Å²) in [5.74, 6) is 0. The van der Waals surface area contributed by atoms with Gasteiger partial charge in [0.05, 0.1) is 12.2 Å². The van der Waals surface area contributed by atoms with Crippen molar-refractivity contribution in [1.82, 2.24) is 19.2 Å². The molecule has 2 saturated carbocycles. The highest BCUT2D eigenvalue weighted by atomic mass is 32.1. The van der Waals surface area contributed by atoms with Crippen LogP contribution in [0.15, 0.2) is 30.6 Å². The second-order valence-electron chi connectivity index (χ2n) is 6.83. The van der Waals surface area contributed by atoms with Gasteiger partial charge in [0, 0.05) is 18.6 Å². The number of nitrogens with zero attached hydrogens (tertiary/aromatic N) is 4. The van der Waals surface area contributed by atoms with E-state index in [9.17, 15) is 13.2 Å². The monoisotopic (exact) mass is 368 g/mol. The normalized spacial score (nSPS) is 18.1. The van der Waals surface area contributed by atoms with Crippen molar-refractivity contribution in [2.75, 3.05) is 0 Å². The van der Waals surface area contributed by atoms with E-state index in [1.165, 1.54) is 6.07 Å². The first-order chi connectivity index (χ1) is 11.9. The van der Waals surface area contributed by atoms with Gasteiger partial charge in [0.1, 0.15) is 6.33 Å². The molecule has 2 aromatic rings. The number of rotatable bonds is 6. The second-order valence-corrected chi connectivity index (χ2v) is 7.19. The molecule has 0 unspecified atom stereocenters. The lowest BCUT2D eigenvalue weighted by Crippen LogP contribution is -2.30. The summed E-state index contributed by atoms with van der Waals surface area (Å²) in [6.07, 6.45) is 1.65. The molecule has 0 aliphatic heterocycles. The Kier molecular flexibility index (Phi) is 4.19. The Morgan fingerprint density at radius 2 is 1.88 bits per heavy atom. The average Bonchev–Trinajstić information content (AvgIpc) is 3.46. The summed E-state index contributed by atoms with van der Waals surface area (Å²) < 4.78 is 44.1. The van der Waals surface area contributed by atoms with Crippen LogP contribution in [-0.2, 0) is 19.4 Å². The molecule has 0 N–H and O–H groups in total. The van der Waals surface area contributed by atoms with Crippen LogP contribution in [0, 0.1) is 4.77 Å². The Morgan fingerprint density at radius 1 is 1.16 bits per heavy atom. The maximum Gasteiger partial charge on any atom is 0.416 e. The van der Waals surface area contributed by atoms with Crippen molar-refractivity contribution in [3.63, 3.8) is 0 Å². The first kappa shape index (κ1) is 16.8. The van der Waals surface area contributed by atoms with Gasteiger partial charge in [-0.15, -0.1) is 0 Å². The zero-order chi connectivity index (χ0) is 17.6. The highest BCUT2D eigenvalue weighted by Gasteiger charge is 2.35. The van der Waals surface area contributed by atoms with Crippen molar-refractivity contribution >= 4 is 12.2 Å². The van der Waals surface area contributed by atoms with Gasteiger partial charge >= 0.3 is 6.18 Å². The molecular weight excluding hydrogens is 349 g/mol. The molecular formula is C17H19F3N4S. The maximum absolute atomic E-state index is 13.2. The average molecular weight is 368 g/mol. The van der Waals surface area contributed by atoms with Crippen molar-refractivity contribution < 1.29 is 13.2 Å². The van der Waals surface area contributed by atoms with Gasteiger partial charge in [-0.05, 0) is 49.5 Å². The van der Waals surface area contributed by atoms with Crippen molar-refractivity contribution in [3.8, 4) is 0 Å². The molecule has 2 aliphatic carbocycles. The Morgan fingerprint density at radius 3 is 2.52 bits per heavy atom. The number of hydrogen-bond acceptors (Lipinski definition) is 3. The minimum absolute atomic E-state index is 0.248. The smallest absolute Gasteiger partial charge is 0.303 e. The van der Waals surface area contributed by atoms with Crippen molar-refractivity contribution in [2.24, 2.45) is 0 Å². The van der Waals surface area contributed by atoms with Crippen LogP contribution < -0.4 is 0 Å². The molecule has 0 spiro atoms. The Labute approximate surface area is 148 Å². The standard InChI is InChI=1S/C17H19F3N4S/c18-17(19,20)15-4-2-1-3-12(15)9-22(13-5-6-13)11-24-16(25)23(10-21-24)14-7-8-14/h1-4,10,13-14H,5-9,11H2. The van der Waals surface area contributed by atoms with Gasteiger partial charge < -0.3 is 4.57 Å². The number of hydrogen-bond donors (Lipinski definition) is 0. The van der Waals surface area contributed by atoms with Gasteiger partial charge in [0.15, 0.2) is 4.77 Å². The van der Waals surface area contributed by atoms with Crippen molar-refractivity contribution in [3.05, 3.63) is 46.5 Å². The number of benzene rings is 1. The third kappa shape index (κ3) is 3.64. The molecule has 8 heteroatoms. The quantitative estimate of drug-likeness (QED) is 0.708. The van der Waals surface area contributed by atoms with Crippen LogP contribution in [0.5, 0.6) is 0 Å². The predicted octanol–water partition coefficient (Wildman–Crippen LogP) is 4.39. The van der Waals surface area contributed by atoms with Gasteiger partial charge in [-0.25, -0.2) is 4.68 Å². The highest BCUT2D eigenvalue weighted by molar-refractivity contribution is 7.71. The SMILES string of the molecule is FC(F)(F)c1ccccc1CN(Cn1ncn(C2CC2)c1=S)C1CC1. The summed E-state index contributed by atoms with van der Waals surface area (Å²) >= 11 is 5.47. The summed E-state index contributed by atoms with van der Waals surface area (Å²) in [6, 6.07) is 6.54. The van der Waals surface area contributed by atoms with E-state index in [2.05, 4.69) is 5.10 Å². The lowest BCUT2D eigenvalue weighted by Gasteiger charge is -2.23. The number of aromatic nitrogens is 3. The molecule has 0 saturated heterocycles. The van der Waals surface area contributed by atoms with Gasteiger partial charge in [0.2, 0.25) is 0 Å². The predicted molar refractivity (Wildman–Crippen MR) is 89.3 cm³/mol. The zero-order valence-corrected chi connectivity index (χ0v) is 14.4. The van der Waals surface area contributed by atoms with Crippen LogP contribution in [0.25, 0.3) is 0 Å². The van der Waals surface area contributed by atoms with Gasteiger partial charge in [-0.1, -0.05) is 18.2 Å². The van der Waals surface area contributed by atoms with E-state index in [0.717, 1.165) is 31.7 Å². The van der Waals surface area contributed by atoms with E-state index in [-0.39, 0.29) is 6.54 Å². The minimum atomic E-state index is -4.34. The van der Waals surface area contributed by atoms with Crippen molar-refractivity contribution in [2.45, 2.75) is 57.2 Å². The van der Waals surface area contributed by atoms with Crippen LogP contribution in [0.2, 0.25) is 0 Å². The molecule has 4 rings (SSSR count). The molecule has 0 radical (unpaired) electrons. The molecule has 0 bridgehead atoms. The molecule has 1 aromatic carbocycles. The fourth-order valence-corrected chi connectivity index (χ4v) is 3.41. The van der Waals surface area contributed by atoms with Gasteiger partial charge in [-0.2, -0.15) is 18.3 Å². The van der Waals surface area contributed by atoms with Gasteiger partial charge in [0.25, 0.3) is 0 Å². The van der Waals surface area contributed by atoms with Crippen LogP contribution >= 0.6 is 12.2 Å². The summed E-state index contributed by atoms with van der Waals surface area (Å²) in [7, 11) is 0. The largest absolute Gasteiger partial charge is 0.416 e. The molecule has 1 heterocycles. The van der Waals surface area contributed by atoms with Crippen LogP contribution in [0.4, 0.5) is 13.2 Å². The molecule has 4 nitrogen and oxygen atoms in total. The van der Waals surface area contributed by atoms with Crippen molar-refractivity contribution in [1.29, 1.82) is 0 Å². The highest BCUT2D eigenvalue weighted by Crippen LogP contribution is 2.36. The lowest BCUT2D eigenvalue weighted by atomic mass is 10.1. The number of alkyl halides is 3. The maximum atomic E-state index is 13.2. The lowest BCUT2D eigenvalue weighted by molar-refractivity contribution is -0.138. The minimum Gasteiger partial charge on any atom is -0.303 e. The van der Waals surface area contributed by atoms with E-state index in [1.807, 2.05) is 9.47 Å². The molecule has 0 atom stereocenters. The van der Waals surface area contributed by atoms with E-state index in [0.29, 0.717) is 29.1 Å². The molecule has 0 amide bonds. The molecule has 2 aliphatic rings. The molecule has 2 fully saturated rings. The topological polar surface area (TPSA) is 26.0 Å². The fraction of sp³-hybridized carbons (Fsp3) is 0.529. The Hall–Kier alpha value is -1.67. The van der Waals surface area contributed by atoms with Crippen LogP contribution in [-0.4, -0.2) is 25.3 Å². The Balaban J connectivity index is 1.56. The van der Waals surface area contributed by atoms with E-state index < -0.39 is 11.7 Å². The fourth-order valence-electron chi connectivity index (χ4n) is 3.11. The summed E-state index contributed by atoms with van der Waals surface area (Å²) in [5.41, 5.74) is -0.261. The third-order valence-corrected chi connectivity index (χ3v) is 5.19. The third-order valence-electron chi connectivity index (χ3n) is 4.77. The van der Waals surface area contributed by atoms with Crippen LogP contribution in [0.3, 0.4) is 0 Å². The van der Waals surface area contributed by atoms with Crippen LogP contribution in [0.1, 0.15) is 42.9 Å². The summed E-state index contributed by atoms with van der Waals surface area (Å²) in [6.45, 7) is 0.674. The van der Waals surface area contributed by atoms with Gasteiger partial charge in [-0.3, -0.25) is 4.90 Å². The first-order valence-electron chi connectivity index (χ1n) is 8.46. The van der Waals surface area contributed by atoms with E-state index >= 15 is 0 Å². The molecule has 25 heavy (non-hydrogen) atoms. The summed E-state index contributed by atoms with van der Waals surface area (Å²) in [5, 5.41) is 4.35. The second kappa shape index (κ2) is 6.25.